The number of benzene rings is 1. The number of carbonyl (C=O) groups is 3. The van der Waals surface area contributed by atoms with Gasteiger partial charge in [0.05, 0.1) is 25.9 Å². The maximum absolute atomic E-state index is 13.7. The Balaban J connectivity index is 2.07. The number of nitrogens with zero attached hydrogens (tertiary/aromatic N) is 2. The third-order valence-corrected chi connectivity index (χ3v) is 6.63. The minimum absolute atomic E-state index is 0.0357. The van der Waals surface area contributed by atoms with E-state index in [1.807, 2.05) is 17.5 Å². The van der Waals surface area contributed by atoms with Crippen molar-refractivity contribution in [2.45, 2.75) is 12.6 Å². The van der Waals surface area contributed by atoms with Gasteiger partial charge in [-0.15, -0.1) is 11.3 Å². The van der Waals surface area contributed by atoms with Gasteiger partial charge in [-0.1, -0.05) is 18.2 Å². The number of methoxy groups -OCH3 is 2. The summed E-state index contributed by atoms with van der Waals surface area (Å²) in [5.74, 6) is -1.17. The number of ether oxygens (including phenoxy) is 2. The number of amides is 3. The number of nitrogen functional groups attached to an aromatic ring is 1. The first-order valence-electron chi connectivity index (χ1n) is 10.2. The molecule has 180 valence electrons. The topological polar surface area (TPSA) is 150 Å². The summed E-state index contributed by atoms with van der Waals surface area (Å²) in [4.78, 5) is 41.0. The van der Waals surface area contributed by atoms with Crippen LogP contribution in [0.4, 0.5) is 5.69 Å². The second-order valence-electron chi connectivity index (χ2n) is 7.11. The fraction of sp³-hybridized carbons (Fsp3) is 0.273. The summed E-state index contributed by atoms with van der Waals surface area (Å²) in [7, 11) is 3.07. The van der Waals surface area contributed by atoms with Crippen LogP contribution in [0.3, 0.4) is 0 Å². The van der Waals surface area contributed by atoms with Gasteiger partial charge in [-0.25, -0.2) is 0 Å². The van der Waals surface area contributed by atoms with Gasteiger partial charge in [-0.3, -0.25) is 14.4 Å². The number of hydrogen-bond donors (Lipinski definition) is 3. The van der Waals surface area contributed by atoms with E-state index in [0.29, 0.717) is 17.9 Å². The van der Waals surface area contributed by atoms with Gasteiger partial charge >= 0.3 is 0 Å². The molecule has 0 bridgehead atoms. The molecule has 3 rings (SSSR count). The van der Waals surface area contributed by atoms with Crippen molar-refractivity contribution >= 4 is 46.3 Å². The van der Waals surface area contributed by atoms with Crippen LogP contribution in [-0.2, 0) is 16.1 Å². The molecule has 2 aromatic heterocycles. The molecule has 0 unspecified atom stereocenters. The summed E-state index contributed by atoms with van der Waals surface area (Å²) in [5, 5.41) is 4.69. The van der Waals surface area contributed by atoms with Gasteiger partial charge in [0.15, 0.2) is 5.69 Å². The molecule has 1 atom stereocenters. The molecule has 0 aliphatic rings. The fourth-order valence-electron chi connectivity index (χ4n) is 3.24. The molecule has 0 aliphatic carbocycles. The predicted octanol–water partition coefficient (Wildman–Crippen LogP) is 2.04. The molecule has 3 amide bonds. The SMILES string of the molecule is COCCNC(=O)[C@@H](c1ccc(OC)cc1)N(Cc1cccs1)C(=O)c1snc(C(N)=O)c1N. The molecule has 0 saturated heterocycles. The lowest BCUT2D eigenvalue weighted by Crippen LogP contribution is -2.44. The van der Waals surface area contributed by atoms with Crippen molar-refractivity contribution < 1.29 is 23.9 Å². The average Bonchev–Trinajstić information content (AvgIpc) is 3.48. The van der Waals surface area contributed by atoms with Crippen LogP contribution in [0.5, 0.6) is 5.75 Å². The van der Waals surface area contributed by atoms with Crippen molar-refractivity contribution in [2.24, 2.45) is 5.73 Å². The van der Waals surface area contributed by atoms with Crippen molar-refractivity contribution in [2.75, 3.05) is 33.1 Å². The van der Waals surface area contributed by atoms with E-state index < -0.39 is 23.8 Å². The number of rotatable bonds is 11. The Morgan fingerprint density at radius 1 is 1.18 bits per heavy atom. The molecular weight excluding hydrogens is 478 g/mol. The highest BCUT2D eigenvalue weighted by Gasteiger charge is 2.35. The normalized spacial score (nSPS) is 11.6. The van der Waals surface area contributed by atoms with E-state index in [0.717, 1.165) is 16.4 Å². The third-order valence-electron chi connectivity index (χ3n) is 4.92. The lowest BCUT2D eigenvalue weighted by molar-refractivity contribution is -0.126. The van der Waals surface area contributed by atoms with Crippen molar-refractivity contribution in [3.63, 3.8) is 0 Å². The molecule has 2 heterocycles. The maximum atomic E-state index is 13.7. The second kappa shape index (κ2) is 11.6. The van der Waals surface area contributed by atoms with Crippen LogP contribution >= 0.6 is 22.9 Å². The molecular formula is C22H25N5O5S2. The Kier molecular flexibility index (Phi) is 8.57. The molecule has 10 nitrogen and oxygen atoms in total. The minimum atomic E-state index is -1.00. The number of nitrogens with one attached hydrogen (secondary N) is 1. The van der Waals surface area contributed by atoms with Crippen LogP contribution < -0.4 is 21.5 Å². The fourth-order valence-corrected chi connectivity index (χ4v) is 4.71. The molecule has 5 N–H and O–H groups in total. The summed E-state index contributed by atoms with van der Waals surface area (Å²) in [6.45, 7) is 0.704. The average molecular weight is 504 g/mol. The molecule has 3 aromatic rings. The van der Waals surface area contributed by atoms with Gasteiger partial charge in [0, 0.05) is 18.5 Å². The van der Waals surface area contributed by atoms with E-state index in [1.54, 1.807) is 31.4 Å². The quantitative estimate of drug-likeness (QED) is 0.339. The largest absolute Gasteiger partial charge is 0.497 e. The number of aromatic nitrogens is 1. The molecule has 34 heavy (non-hydrogen) atoms. The molecule has 0 radical (unpaired) electrons. The number of carbonyl (C=O) groups excluding carboxylic acids is 3. The second-order valence-corrected chi connectivity index (χ2v) is 8.92. The van der Waals surface area contributed by atoms with Crippen LogP contribution in [0.2, 0.25) is 0 Å². The van der Waals surface area contributed by atoms with E-state index in [2.05, 4.69) is 9.69 Å². The van der Waals surface area contributed by atoms with Gasteiger partial charge in [0.1, 0.15) is 16.7 Å². The van der Waals surface area contributed by atoms with E-state index in [9.17, 15) is 14.4 Å². The third kappa shape index (κ3) is 5.71. The summed E-state index contributed by atoms with van der Waals surface area (Å²) < 4.78 is 14.2. The van der Waals surface area contributed by atoms with Crippen LogP contribution in [0.25, 0.3) is 0 Å². The van der Waals surface area contributed by atoms with E-state index in [-0.39, 0.29) is 29.3 Å². The summed E-state index contributed by atoms with van der Waals surface area (Å²) in [5.41, 5.74) is 11.7. The van der Waals surface area contributed by atoms with Gasteiger partial charge in [0.2, 0.25) is 5.91 Å². The molecule has 1 aromatic carbocycles. The van der Waals surface area contributed by atoms with E-state index in [1.165, 1.54) is 23.3 Å². The van der Waals surface area contributed by atoms with Crippen LogP contribution in [0.15, 0.2) is 41.8 Å². The summed E-state index contributed by atoms with van der Waals surface area (Å²) >= 11 is 2.22. The van der Waals surface area contributed by atoms with Gasteiger partial charge in [0.25, 0.3) is 11.8 Å². The standard InChI is InChI=1S/C22H25N5O5S2/c1-31-10-9-25-21(29)18(13-5-7-14(32-2)8-6-13)27(12-15-4-3-11-33-15)22(30)19-16(23)17(20(24)28)26-34-19/h3-8,11,18H,9-10,12,23H2,1-2H3,(H2,24,28)(H,25,29)/t18-/m1/s1. The lowest BCUT2D eigenvalue weighted by Gasteiger charge is -2.31. The van der Waals surface area contributed by atoms with Crippen molar-refractivity contribution in [1.29, 1.82) is 0 Å². The van der Waals surface area contributed by atoms with Crippen molar-refractivity contribution in [3.8, 4) is 5.75 Å². The zero-order valence-electron chi connectivity index (χ0n) is 18.6. The zero-order chi connectivity index (χ0) is 24.7. The highest BCUT2D eigenvalue weighted by molar-refractivity contribution is 7.10. The lowest BCUT2D eigenvalue weighted by atomic mass is 10.0. The van der Waals surface area contributed by atoms with E-state index >= 15 is 0 Å². The molecule has 0 fully saturated rings. The molecule has 0 spiro atoms. The number of primary amides is 1. The number of thiophene rings is 1. The Morgan fingerprint density at radius 2 is 1.91 bits per heavy atom. The highest BCUT2D eigenvalue weighted by atomic mass is 32.1. The smallest absolute Gasteiger partial charge is 0.270 e. The van der Waals surface area contributed by atoms with Gasteiger partial charge < -0.3 is 31.2 Å². The van der Waals surface area contributed by atoms with E-state index in [4.69, 9.17) is 20.9 Å². The molecule has 0 aliphatic heterocycles. The zero-order valence-corrected chi connectivity index (χ0v) is 20.3. The molecule has 0 saturated carbocycles. The van der Waals surface area contributed by atoms with Crippen LogP contribution in [-0.4, -0.2) is 54.4 Å². The number of hydrogen-bond acceptors (Lipinski definition) is 9. The van der Waals surface area contributed by atoms with Crippen LogP contribution in [0.1, 0.15) is 36.6 Å². The number of nitrogens with two attached hydrogens (primary N) is 2. The molecule has 12 heteroatoms. The Labute approximate surface area is 204 Å². The maximum Gasteiger partial charge on any atom is 0.270 e. The van der Waals surface area contributed by atoms with Crippen molar-refractivity contribution in [1.82, 2.24) is 14.6 Å². The Bertz CT molecular complexity index is 1130. The minimum Gasteiger partial charge on any atom is -0.497 e. The summed E-state index contributed by atoms with van der Waals surface area (Å²) in [6, 6.07) is 9.59. The van der Waals surface area contributed by atoms with Gasteiger partial charge in [-0.05, 0) is 40.7 Å². The first-order valence-corrected chi connectivity index (χ1v) is 11.8. The predicted molar refractivity (Wildman–Crippen MR) is 130 cm³/mol. The monoisotopic (exact) mass is 503 g/mol. The number of anilines is 1. The Hall–Kier alpha value is -3.48. The van der Waals surface area contributed by atoms with Crippen LogP contribution in [0, 0.1) is 0 Å². The summed E-state index contributed by atoms with van der Waals surface area (Å²) in [6.07, 6.45) is 0. The first kappa shape index (κ1) is 25.1. The van der Waals surface area contributed by atoms with Gasteiger partial charge in [-0.2, -0.15) is 4.37 Å². The highest BCUT2D eigenvalue weighted by Crippen LogP contribution is 2.31. The first-order chi connectivity index (χ1) is 16.4. The van der Waals surface area contributed by atoms with Crippen molar-refractivity contribution in [3.05, 3.63) is 62.8 Å². The Morgan fingerprint density at radius 3 is 2.47 bits per heavy atom.